The summed E-state index contributed by atoms with van der Waals surface area (Å²) in [5.41, 5.74) is -0.390. The monoisotopic (exact) mass is 264 g/mol. The fourth-order valence-electron chi connectivity index (χ4n) is 1.79. The summed E-state index contributed by atoms with van der Waals surface area (Å²) in [7, 11) is 4.41. The van der Waals surface area contributed by atoms with E-state index in [0.717, 1.165) is 0 Å². The quantitative estimate of drug-likeness (QED) is 0.875. The average molecular weight is 264 g/mol. The molecule has 0 aliphatic carbocycles. The molecule has 0 radical (unpaired) electrons. The van der Waals surface area contributed by atoms with Crippen molar-refractivity contribution in [2.24, 2.45) is 7.05 Å². The third-order valence-electron chi connectivity index (χ3n) is 2.78. The molecule has 100 valence electrons. The number of rotatable bonds is 3. The third-order valence-corrected chi connectivity index (χ3v) is 2.78. The van der Waals surface area contributed by atoms with Gasteiger partial charge >= 0.3 is 5.97 Å². The lowest BCUT2D eigenvalue weighted by Gasteiger charge is -2.11. The van der Waals surface area contributed by atoms with E-state index in [2.05, 4.69) is 4.98 Å². The van der Waals surface area contributed by atoms with E-state index in [1.807, 2.05) is 0 Å². The molecule has 0 atom stereocenters. The molecule has 0 aliphatic rings. The van der Waals surface area contributed by atoms with Crippen LogP contribution in [0.2, 0.25) is 0 Å². The summed E-state index contributed by atoms with van der Waals surface area (Å²) < 4.78 is 11.5. The molecule has 1 aromatic heterocycles. The summed E-state index contributed by atoms with van der Waals surface area (Å²) in [5, 5.41) is 8.95. The molecule has 0 saturated heterocycles. The van der Waals surface area contributed by atoms with Gasteiger partial charge < -0.3 is 19.1 Å². The summed E-state index contributed by atoms with van der Waals surface area (Å²) in [6, 6.07) is 3.11. The Balaban J connectivity index is 2.89. The Bertz CT molecular complexity index is 720. The zero-order valence-corrected chi connectivity index (χ0v) is 10.6. The molecule has 1 N–H and O–H groups in total. The maximum atomic E-state index is 11.8. The first-order chi connectivity index (χ1) is 8.99. The molecule has 2 aromatic rings. The van der Waals surface area contributed by atoms with E-state index in [1.54, 1.807) is 6.07 Å². The van der Waals surface area contributed by atoms with Crippen LogP contribution in [0.4, 0.5) is 0 Å². The number of hydrogen-bond acceptors (Lipinski definition) is 5. The van der Waals surface area contributed by atoms with Gasteiger partial charge in [-0.25, -0.2) is 9.78 Å². The number of hydrogen-bond donors (Lipinski definition) is 1. The molecule has 1 aromatic carbocycles. The van der Waals surface area contributed by atoms with Crippen LogP contribution in [0, 0.1) is 0 Å². The Morgan fingerprint density at radius 2 is 1.84 bits per heavy atom. The van der Waals surface area contributed by atoms with Gasteiger partial charge in [0.15, 0.2) is 11.5 Å². The highest BCUT2D eigenvalue weighted by molar-refractivity contribution is 5.89. The molecule has 0 amide bonds. The molecule has 0 fully saturated rings. The lowest BCUT2D eigenvalue weighted by Crippen LogP contribution is -2.26. The molecular formula is C12H12N2O5. The molecule has 0 aliphatic heterocycles. The van der Waals surface area contributed by atoms with Crippen LogP contribution in [-0.2, 0) is 7.05 Å². The Hall–Kier alpha value is -2.57. The number of carbonyl (C=O) groups is 1. The van der Waals surface area contributed by atoms with Gasteiger partial charge in [-0.3, -0.25) is 4.79 Å². The molecule has 7 heteroatoms. The number of fused-ring (bicyclic) bond motifs is 1. The van der Waals surface area contributed by atoms with Gasteiger partial charge in [0.1, 0.15) is 0 Å². The third kappa shape index (κ3) is 1.99. The number of carboxylic acids is 1. The summed E-state index contributed by atoms with van der Waals surface area (Å²) in [6.07, 6.45) is 0. The molecule has 1 heterocycles. The number of aromatic carboxylic acids is 1. The van der Waals surface area contributed by atoms with Gasteiger partial charge in [-0.15, -0.1) is 0 Å². The van der Waals surface area contributed by atoms with Crippen LogP contribution in [0.5, 0.6) is 11.5 Å². The molecule has 7 nitrogen and oxygen atoms in total. The van der Waals surface area contributed by atoms with E-state index >= 15 is 0 Å². The van der Waals surface area contributed by atoms with Crippen molar-refractivity contribution >= 4 is 17.0 Å². The minimum absolute atomic E-state index is 0.345. The number of carboxylic acid groups (broad SMARTS) is 1. The molecule has 19 heavy (non-hydrogen) atoms. The second-order valence-electron chi connectivity index (χ2n) is 3.83. The minimum Gasteiger partial charge on any atom is -0.493 e. The fraction of sp³-hybridized carbons (Fsp3) is 0.250. The average Bonchev–Trinajstić information content (AvgIpc) is 2.41. The maximum Gasteiger partial charge on any atom is 0.360 e. The molecule has 0 unspecified atom stereocenters. The number of aryl methyl sites for hydroxylation is 1. The van der Waals surface area contributed by atoms with Gasteiger partial charge in [0.2, 0.25) is 5.69 Å². The largest absolute Gasteiger partial charge is 0.493 e. The van der Waals surface area contributed by atoms with Gasteiger partial charge in [0.25, 0.3) is 5.56 Å². The Morgan fingerprint density at radius 3 is 2.37 bits per heavy atom. The first-order valence-corrected chi connectivity index (χ1v) is 5.35. The lowest BCUT2D eigenvalue weighted by molar-refractivity contribution is 0.0688. The normalized spacial score (nSPS) is 10.5. The van der Waals surface area contributed by atoms with Crippen molar-refractivity contribution in [1.82, 2.24) is 9.55 Å². The van der Waals surface area contributed by atoms with Crippen LogP contribution in [0.3, 0.4) is 0 Å². The van der Waals surface area contributed by atoms with Crippen molar-refractivity contribution in [2.75, 3.05) is 14.2 Å². The van der Waals surface area contributed by atoms with E-state index in [-0.39, 0.29) is 0 Å². The van der Waals surface area contributed by atoms with Crippen molar-refractivity contribution in [3.63, 3.8) is 0 Å². The fourth-order valence-corrected chi connectivity index (χ4v) is 1.79. The van der Waals surface area contributed by atoms with Crippen molar-refractivity contribution in [3.05, 3.63) is 28.2 Å². The zero-order valence-electron chi connectivity index (χ0n) is 10.6. The van der Waals surface area contributed by atoms with Crippen LogP contribution in [0.25, 0.3) is 11.0 Å². The second kappa shape index (κ2) is 4.60. The number of benzene rings is 1. The molecule has 0 bridgehead atoms. The predicted molar refractivity (Wildman–Crippen MR) is 67.0 cm³/mol. The lowest BCUT2D eigenvalue weighted by atomic mass is 10.2. The van der Waals surface area contributed by atoms with Crippen molar-refractivity contribution in [2.45, 2.75) is 0 Å². The number of ether oxygens (including phenoxy) is 2. The maximum absolute atomic E-state index is 11.8. The number of nitrogens with zero attached hydrogens (tertiary/aromatic N) is 2. The van der Waals surface area contributed by atoms with Gasteiger partial charge in [-0.05, 0) is 0 Å². The van der Waals surface area contributed by atoms with Gasteiger partial charge in [0.05, 0.1) is 25.3 Å². The van der Waals surface area contributed by atoms with Crippen molar-refractivity contribution in [3.8, 4) is 11.5 Å². The van der Waals surface area contributed by atoms with E-state index in [0.29, 0.717) is 22.5 Å². The molecule has 0 saturated carbocycles. The number of aromatic nitrogens is 2. The Labute approximate surface area is 108 Å². The summed E-state index contributed by atoms with van der Waals surface area (Å²) in [5.74, 6) is -0.510. The standard InChI is InChI=1S/C12H12N2O5/c1-14-7-5-9(19-3)8(18-2)4-6(7)13-10(11(14)15)12(16)17/h4-5H,1-3H3,(H,16,17). The molecule has 2 rings (SSSR count). The second-order valence-corrected chi connectivity index (χ2v) is 3.83. The van der Waals surface area contributed by atoms with Crippen LogP contribution in [0.1, 0.15) is 10.5 Å². The van der Waals surface area contributed by atoms with Crippen LogP contribution in [0.15, 0.2) is 16.9 Å². The first kappa shape index (κ1) is 12.9. The summed E-state index contributed by atoms with van der Waals surface area (Å²) in [6.45, 7) is 0. The van der Waals surface area contributed by atoms with E-state index in [4.69, 9.17) is 14.6 Å². The minimum atomic E-state index is -1.36. The van der Waals surface area contributed by atoms with E-state index in [1.165, 1.54) is 31.9 Å². The van der Waals surface area contributed by atoms with Crippen LogP contribution >= 0.6 is 0 Å². The van der Waals surface area contributed by atoms with Gasteiger partial charge in [-0.2, -0.15) is 0 Å². The first-order valence-electron chi connectivity index (χ1n) is 5.35. The van der Waals surface area contributed by atoms with Crippen molar-refractivity contribution in [1.29, 1.82) is 0 Å². The highest BCUT2D eigenvalue weighted by Crippen LogP contribution is 2.30. The SMILES string of the molecule is COc1cc2nc(C(=O)O)c(=O)n(C)c2cc1OC. The van der Waals surface area contributed by atoms with E-state index < -0.39 is 17.2 Å². The smallest absolute Gasteiger partial charge is 0.360 e. The molecular weight excluding hydrogens is 252 g/mol. The zero-order chi connectivity index (χ0) is 14.2. The Morgan fingerprint density at radius 1 is 1.26 bits per heavy atom. The predicted octanol–water partition coefficient (Wildman–Crippen LogP) is 0.649. The van der Waals surface area contributed by atoms with E-state index in [9.17, 15) is 9.59 Å². The highest BCUT2D eigenvalue weighted by atomic mass is 16.5. The van der Waals surface area contributed by atoms with Crippen LogP contribution in [-0.4, -0.2) is 34.8 Å². The summed E-state index contributed by atoms with van der Waals surface area (Å²) in [4.78, 5) is 26.6. The Kier molecular flexibility index (Phi) is 3.12. The summed E-state index contributed by atoms with van der Waals surface area (Å²) >= 11 is 0. The van der Waals surface area contributed by atoms with Gasteiger partial charge in [0, 0.05) is 19.2 Å². The topological polar surface area (TPSA) is 90.7 Å². The highest BCUT2D eigenvalue weighted by Gasteiger charge is 2.17. The van der Waals surface area contributed by atoms with Crippen LogP contribution < -0.4 is 15.0 Å². The van der Waals surface area contributed by atoms with Gasteiger partial charge in [-0.1, -0.05) is 0 Å². The number of methoxy groups -OCH3 is 2. The van der Waals surface area contributed by atoms with Crippen molar-refractivity contribution < 1.29 is 19.4 Å². The molecule has 0 spiro atoms.